The fraction of sp³-hybridized carbons (Fsp3) is 0.143. The van der Waals surface area contributed by atoms with Crippen molar-refractivity contribution in [2.75, 3.05) is 11.1 Å². The lowest BCUT2D eigenvalue weighted by Crippen LogP contribution is -2.01. The van der Waals surface area contributed by atoms with E-state index in [1.54, 1.807) is 12.1 Å². The molecule has 2 aromatic carbocycles. The number of nitrogens with two attached hydrogens (primary N) is 1. The van der Waals surface area contributed by atoms with E-state index in [9.17, 15) is 0 Å². The summed E-state index contributed by atoms with van der Waals surface area (Å²) < 4.78 is 0. The highest BCUT2D eigenvalue weighted by Crippen LogP contribution is 2.24. The maximum absolute atomic E-state index is 9.07. The van der Waals surface area contributed by atoms with Gasteiger partial charge in [-0.05, 0) is 29.3 Å². The Labute approximate surface area is 111 Å². The highest BCUT2D eigenvalue weighted by molar-refractivity contribution is 6.33. The zero-order valence-corrected chi connectivity index (χ0v) is 10.6. The molecule has 0 unspecified atom stereocenters. The van der Waals surface area contributed by atoms with Gasteiger partial charge in [0.25, 0.3) is 0 Å². The van der Waals surface area contributed by atoms with Crippen molar-refractivity contribution < 1.29 is 5.11 Å². The number of rotatable bonds is 4. The van der Waals surface area contributed by atoms with Crippen LogP contribution in [0.15, 0.2) is 42.5 Å². The molecular weight excluding hydrogens is 248 g/mol. The first-order valence-corrected chi connectivity index (χ1v) is 6.04. The molecule has 2 rings (SSSR count). The van der Waals surface area contributed by atoms with Crippen molar-refractivity contribution in [3.05, 3.63) is 58.6 Å². The van der Waals surface area contributed by atoms with Crippen LogP contribution in [0.5, 0.6) is 0 Å². The molecule has 0 aliphatic heterocycles. The van der Waals surface area contributed by atoms with Crippen LogP contribution < -0.4 is 11.1 Å². The van der Waals surface area contributed by atoms with Gasteiger partial charge in [0, 0.05) is 12.2 Å². The summed E-state index contributed by atoms with van der Waals surface area (Å²) in [5, 5.41) is 12.9. The second-order valence-electron chi connectivity index (χ2n) is 4.07. The van der Waals surface area contributed by atoms with Gasteiger partial charge in [0.05, 0.1) is 17.3 Å². The Morgan fingerprint density at radius 3 is 2.61 bits per heavy atom. The van der Waals surface area contributed by atoms with Crippen molar-refractivity contribution in [3.8, 4) is 0 Å². The van der Waals surface area contributed by atoms with E-state index in [2.05, 4.69) is 5.32 Å². The van der Waals surface area contributed by atoms with Gasteiger partial charge < -0.3 is 16.2 Å². The molecule has 0 fully saturated rings. The summed E-state index contributed by atoms with van der Waals surface area (Å²) in [6, 6.07) is 13.1. The summed E-state index contributed by atoms with van der Waals surface area (Å²) in [6.45, 7) is 0.702. The third kappa shape index (κ3) is 3.15. The zero-order valence-electron chi connectivity index (χ0n) is 9.86. The van der Waals surface area contributed by atoms with Crippen molar-refractivity contribution in [3.63, 3.8) is 0 Å². The molecular formula is C14H15ClN2O. The predicted octanol–water partition coefficient (Wildman–Crippen LogP) is 3.03. The number of benzene rings is 2. The Balaban J connectivity index is 2.06. The standard InChI is InChI=1S/C14H15ClN2O/c15-13-7-12(16)4-5-14(13)17-8-10-2-1-3-11(6-10)9-18/h1-7,17-18H,8-9,16H2. The fourth-order valence-corrected chi connectivity index (χ4v) is 1.97. The first kappa shape index (κ1) is 12.7. The van der Waals surface area contributed by atoms with E-state index >= 15 is 0 Å². The smallest absolute Gasteiger partial charge is 0.0681 e. The van der Waals surface area contributed by atoms with Gasteiger partial charge in [-0.1, -0.05) is 35.9 Å². The predicted molar refractivity (Wildman–Crippen MR) is 75.6 cm³/mol. The van der Waals surface area contributed by atoms with Crippen molar-refractivity contribution in [2.45, 2.75) is 13.2 Å². The highest BCUT2D eigenvalue weighted by atomic mass is 35.5. The number of hydrogen-bond donors (Lipinski definition) is 3. The monoisotopic (exact) mass is 262 g/mol. The second kappa shape index (κ2) is 5.76. The second-order valence-corrected chi connectivity index (χ2v) is 4.48. The average Bonchev–Trinajstić information content (AvgIpc) is 2.38. The van der Waals surface area contributed by atoms with Gasteiger partial charge in [0.2, 0.25) is 0 Å². The molecule has 4 N–H and O–H groups in total. The Bertz CT molecular complexity index is 543. The Morgan fingerprint density at radius 1 is 1.11 bits per heavy atom. The lowest BCUT2D eigenvalue weighted by Gasteiger charge is -2.09. The van der Waals surface area contributed by atoms with Crippen LogP contribution in [0.3, 0.4) is 0 Å². The lowest BCUT2D eigenvalue weighted by atomic mass is 10.1. The quantitative estimate of drug-likeness (QED) is 0.743. The van der Waals surface area contributed by atoms with E-state index < -0.39 is 0 Å². The number of aliphatic hydroxyl groups excluding tert-OH is 1. The van der Waals surface area contributed by atoms with Crippen LogP contribution in [0, 0.1) is 0 Å². The van der Waals surface area contributed by atoms with E-state index in [1.807, 2.05) is 30.3 Å². The molecule has 0 aromatic heterocycles. The van der Waals surface area contributed by atoms with E-state index in [0.717, 1.165) is 16.8 Å². The Morgan fingerprint density at radius 2 is 1.89 bits per heavy atom. The highest BCUT2D eigenvalue weighted by Gasteiger charge is 2.01. The molecule has 0 amide bonds. The molecule has 0 spiro atoms. The number of halogens is 1. The summed E-state index contributed by atoms with van der Waals surface area (Å²) in [7, 11) is 0. The summed E-state index contributed by atoms with van der Waals surface area (Å²) in [6.07, 6.45) is 0. The summed E-state index contributed by atoms with van der Waals surface area (Å²) >= 11 is 6.07. The van der Waals surface area contributed by atoms with E-state index in [0.29, 0.717) is 17.3 Å². The number of nitrogens with one attached hydrogen (secondary N) is 1. The van der Waals surface area contributed by atoms with Gasteiger partial charge in [0.15, 0.2) is 0 Å². The molecule has 0 atom stereocenters. The molecule has 0 aliphatic carbocycles. The molecule has 0 saturated carbocycles. The van der Waals surface area contributed by atoms with E-state index in [1.165, 1.54) is 0 Å². The molecule has 0 radical (unpaired) electrons. The molecule has 4 heteroatoms. The van der Waals surface area contributed by atoms with Crippen LogP contribution in [0.2, 0.25) is 5.02 Å². The minimum absolute atomic E-state index is 0.0521. The minimum Gasteiger partial charge on any atom is -0.399 e. The van der Waals surface area contributed by atoms with Crippen molar-refractivity contribution in [2.24, 2.45) is 0 Å². The van der Waals surface area contributed by atoms with Gasteiger partial charge >= 0.3 is 0 Å². The van der Waals surface area contributed by atoms with E-state index in [-0.39, 0.29) is 6.61 Å². The maximum Gasteiger partial charge on any atom is 0.0681 e. The maximum atomic E-state index is 9.07. The molecule has 2 aromatic rings. The van der Waals surface area contributed by atoms with Gasteiger partial charge in [0.1, 0.15) is 0 Å². The van der Waals surface area contributed by atoms with Crippen molar-refractivity contribution in [1.82, 2.24) is 0 Å². The molecule has 0 aliphatic rings. The van der Waals surface area contributed by atoms with Gasteiger partial charge in [-0.2, -0.15) is 0 Å². The number of hydrogen-bond acceptors (Lipinski definition) is 3. The van der Waals surface area contributed by atoms with Crippen LogP contribution in [0.1, 0.15) is 11.1 Å². The van der Waals surface area contributed by atoms with Crippen LogP contribution in [0.4, 0.5) is 11.4 Å². The topological polar surface area (TPSA) is 58.3 Å². The largest absolute Gasteiger partial charge is 0.399 e. The SMILES string of the molecule is Nc1ccc(NCc2cccc(CO)c2)c(Cl)c1. The molecule has 0 bridgehead atoms. The van der Waals surface area contributed by atoms with Crippen LogP contribution in [0.25, 0.3) is 0 Å². The minimum atomic E-state index is 0.0521. The number of nitrogen functional groups attached to an aromatic ring is 1. The molecule has 0 heterocycles. The average molecular weight is 263 g/mol. The number of anilines is 2. The summed E-state index contributed by atoms with van der Waals surface area (Å²) in [5.41, 5.74) is 9.12. The Kier molecular flexibility index (Phi) is 4.07. The van der Waals surface area contributed by atoms with Crippen molar-refractivity contribution in [1.29, 1.82) is 0 Å². The van der Waals surface area contributed by atoms with Gasteiger partial charge in [-0.15, -0.1) is 0 Å². The summed E-state index contributed by atoms with van der Waals surface area (Å²) in [4.78, 5) is 0. The molecule has 3 nitrogen and oxygen atoms in total. The zero-order chi connectivity index (χ0) is 13.0. The van der Waals surface area contributed by atoms with Crippen LogP contribution >= 0.6 is 11.6 Å². The third-order valence-electron chi connectivity index (χ3n) is 2.65. The normalized spacial score (nSPS) is 10.3. The Hall–Kier alpha value is -1.71. The first-order chi connectivity index (χ1) is 8.69. The van der Waals surface area contributed by atoms with Crippen LogP contribution in [-0.4, -0.2) is 5.11 Å². The van der Waals surface area contributed by atoms with E-state index in [4.69, 9.17) is 22.4 Å². The van der Waals surface area contributed by atoms with Gasteiger partial charge in [-0.25, -0.2) is 0 Å². The van der Waals surface area contributed by atoms with Crippen LogP contribution in [-0.2, 0) is 13.2 Å². The summed E-state index contributed by atoms with van der Waals surface area (Å²) in [5.74, 6) is 0. The molecule has 18 heavy (non-hydrogen) atoms. The fourth-order valence-electron chi connectivity index (χ4n) is 1.71. The number of aliphatic hydroxyl groups is 1. The molecule has 94 valence electrons. The molecule has 0 saturated heterocycles. The van der Waals surface area contributed by atoms with Crippen molar-refractivity contribution >= 4 is 23.0 Å². The first-order valence-electron chi connectivity index (χ1n) is 5.66. The lowest BCUT2D eigenvalue weighted by molar-refractivity contribution is 0.281. The van der Waals surface area contributed by atoms with Gasteiger partial charge in [-0.3, -0.25) is 0 Å². The third-order valence-corrected chi connectivity index (χ3v) is 2.96.